The molecular weight excluding hydrogens is 270 g/mol. The molecule has 0 saturated carbocycles. The van der Waals surface area contributed by atoms with Crippen molar-refractivity contribution < 1.29 is 15.0 Å². The summed E-state index contributed by atoms with van der Waals surface area (Å²) in [6, 6.07) is 7.01. The van der Waals surface area contributed by atoms with E-state index in [1.807, 2.05) is 31.2 Å². The summed E-state index contributed by atoms with van der Waals surface area (Å²) < 4.78 is 0. The van der Waals surface area contributed by atoms with Crippen molar-refractivity contribution in [2.75, 3.05) is 6.61 Å². The molecule has 0 aliphatic rings. The van der Waals surface area contributed by atoms with Crippen molar-refractivity contribution in [3.8, 4) is 0 Å². The van der Waals surface area contributed by atoms with E-state index in [0.29, 0.717) is 19.5 Å². The van der Waals surface area contributed by atoms with Gasteiger partial charge in [-0.15, -0.1) is 0 Å². The number of amides is 1. The average Bonchev–Trinajstić information content (AvgIpc) is 2.50. The van der Waals surface area contributed by atoms with Crippen LogP contribution in [0.2, 0.25) is 0 Å². The maximum atomic E-state index is 11.6. The first-order chi connectivity index (χ1) is 10.0. The third-order valence-electron chi connectivity index (χ3n) is 3.64. The number of aliphatic hydroxyl groups is 2. The van der Waals surface area contributed by atoms with Gasteiger partial charge in [0.05, 0.1) is 18.8 Å². The lowest BCUT2D eigenvalue weighted by atomic mass is 9.90. The Morgan fingerprint density at radius 3 is 2.57 bits per heavy atom. The van der Waals surface area contributed by atoms with Crippen LogP contribution in [0.25, 0.3) is 0 Å². The maximum absolute atomic E-state index is 11.6. The third kappa shape index (κ3) is 5.09. The number of hydrogen-bond acceptors (Lipinski definition) is 5. The fourth-order valence-electron chi connectivity index (χ4n) is 2.42. The van der Waals surface area contributed by atoms with Crippen molar-refractivity contribution in [1.29, 1.82) is 0 Å². The van der Waals surface area contributed by atoms with Crippen LogP contribution < -0.4 is 16.8 Å². The molecule has 0 aromatic heterocycles. The summed E-state index contributed by atoms with van der Waals surface area (Å²) >= 11 is 0. The Hall–Kier alpha value is -1.47. The smallest absolute Gasteiger partial charge is 0.234 e. The van der Waals surface area contributed by atoms with Crippen molar-refractivity contribution in [3.63, 3.8) is 0 Å². The number of rotatable bonds is 9. The molecular formula is C15H25N3O3. The van der Waals surface area contributed by atoms with E-state index >= 15 is 0 Å². The van der Waals surface area contributed by atoms with Crippen LogP contribution in [-0.4, -0.2) is 34.9 Å². The van der Waals surface area contributed by atoms with Crippen LogP contribution in [0, 0.1) is 5.92 Å². The summed E-state index contributed by atoms with van der Waals surface area (Å²) in [6.45, 7) is 2.34. The predicted octanol–water partition coefficient (Wildman–Crippen LogP) is -0.532. The fourth-order valence-corrected chi connectivity index (χ4v) is 2.42. The second-order valence-electron chi connectivity index (χ2n) is 5.11. The summed E-state index contributed by atoms with van der Waals surface area (Å²) in [5.41, 5.74) is 13.0. The SMILES string of the molecule is CCC(C(O)CO)C(NCc1cccc(CN)c1)C(N)=O. The zero-order valence-corrected chi connectivity index (χ0v) is 12.3. The van der Waals surface area contributed by atoms with E-state index in [1.54, 1.807) is 0 Å². The molecule has 0 heterocycles. The van der Waals surface area contributed by atoms with Gasteiger partial charge < -0.3 is 27.0 Å². The van der Waals surface area contributed by atoms with E-state index in [-0.39, 0.29) is 0 Å². The van der Waals surface area contributed by atoms with Crippen LogP contribution in [0.5, 0.6) is 0 Å². The van der Waals surface area contributed by atoms with Crippen molar-refractivity contribution >= 4 is 5.91 Å². The molecule has 6 nitrogen and oxygen atoms in total. The van der Waals surface area contributed by atoms with Crippen LogP contribution in [0.3, 0.4) is 0 Å². The van der Waals surface area contributed by atoms with Crippen LogP contribution in [0.4, 0.5) is 0 Å². The molecule has 0 bridgehead atoms. The molecule has 0 fully saturated rings. The molecule has 1 rings (SSSR count). The van der Waals surface area contributed by atoms with Crippen molar-refractivity contribution in [2.24, 2.45) is 17.4 Å². The summed E-state index contributed by atoms with van der Waals surface area (Å²) in [7, 11) is 0. The Kier molecular flexibility index (Phi) is 7.31. The number of benzene rings is 1. The van der Waals surface area contributed by atoms with Gasteiger partial charge in [-0.05, 0) is 17.5 Å². The highest BCUT2D eigenvalue weighted by atomic mass is 16.3. The Balaban J connectivity index is 2.76. The molecule has 1 aromatic rings. The fraction of sp³-hybridized carbons (Fsp3) is 0.533. The molecule has 0 saturated heterocycles. The van der Waals surface area contributed by atoms with Crippen LogP contribution in [0.15, 0.2) is 24.3 Å². The second-order valence-corrected chi connectivity index (χ2v) is 5.11. The number of primary amides is 1. The molecule has 0 radical (unpaired) electrons. The van der Waals surface area contributed by atoms with Crippen molar-refractivity contribution in [2.45, 2.75) is 38.6 Å². The van der Waals surface area contributed by atoms with Gasteiger partial charge in [-0.3, -0.25) is 4.79 Å². The minimum Gasteiger partial charge on any atom is -0.394 e. The van der Waals surface area contributed by atoms with Gasteiger partial charge >= 0.3 is 0 Å². The topological polar surface area (TPSA) is 122 Å². The molecule has 1 amide bonds. The lowest BCUT2D eigenvalue weighted by molar-refractivity contribution is -0.123. The van der Waals surface area contributed by atoms with Gasteiger partial charge in [0.2, 0.25) is 5.91 Å². The summed E-state index contributed by atoms with van der Waals surface area (Å²) in [5.74, 6) is -0.963. The second kappa shape index (κ2) is 8.74. The minimum atomic E-state index is -0.977. The number of aliphatic hydroxyl groups excluding tert-OH is 2. The van der Waals surface area contributed by atoms with Crippen LogP contribution in [-0.2, 0) is 17.9 Å². The molecule has 0 spiro atoms. The lowest BCUT2D eigenvalue weighted by Crippen LogP contribution is -2.50. The summed E-state index contributed by atoms with van der Waals surface area (Å²) in [4.78, 5) is 11.6. The number of hydrogen-bond donors (Lipinski definition) is 5. The molecule has 0 aliphatic heterocycles. The zero-order valence-electron chi connectivity index (χ0n) is 12.3. The van der Waals surface area contributed by atoms with E-state index in [9.17, 15) is 9.90 Å². The number of nitrogens with one attached hydrogen (secondary N) is 1. The molecule has 7 N–H and O–H groups in total. The van der Waals surface area contributed by atoms with E-state index in [2.05, 4.69) is 5.32 Å². The standard InChI is InChI=1S/C15H25N3O3/c1-2-12(13(20)9-19)14(15(17)21)18-8-11-5-3-4-10(6-11)7-16/h3-6,12-14,18-20H,2,7-9,16H2,1H3,(H2,17,21). The van der Waals surface area contributed by atoms with E-state index in [0.717, 1.165) is 11.1 Å². The maximum Gasteiger partial charge on any atom is 0.234 e. The van der Waals surface area contributed by atoms with Gasteiger partial charge in [-0.1, -0.05) is 31.2 Å². The Morgan fingerprint density at radius 1 is 1.38 bits per heavy atom. The molecule has 3 unspecified atom stereocenters. The van der Waals surface area contributed by atoms with Gasteiger partial charge in [-0.2, -0.15) is 0 Å². The van der Waals surface area contributed by atoms with E-state index in [1.165, 1.54) is 0 Å². The van der Waals surface area contributed by atoms with Gasteiger partial charge in [0, 0.05) is 19.0 Å². The largest absolute Gasteiger partial charge is 0.394 e. The Morgan fingerprint density at radius 2 is 2.05 bits per heavy atom. The average molecular weight is 295 g/mol. The quantitative estimate of drug-likeness (QED) is 0.419. The van der Waals surface area contributed by atoms with Gasteiger partial charge in [0.15, 0.2) is 0 Å². The molecule has 0 aliphatic carbocycles. The molecule has 1 aromatic carbocycles. The Bertz CT molecular complexity index is 454. The molecule has 21 heavy (non-hydrogen) atoms. The molecule has 6 heteroatoms. The highest BCUT2D eigenvalue weighted by Crippen LogP contribution is 2.15. The minimum absolute atomic E-state index is 0.396. The lowest BCUT2D eigenvalue weighted by Gasteiger charge is -2.28. The Labute approximate surface area is 125 Å². The monoisotopic (exact) mass is 295 g/mol. The highest BCUT2D eigenvalue weighted by Gasteiger charge is 2.30. The highest BCUT2D eigenvalue weighted by molar-refractivity contribution is 5.80. The van der Waals surface area contributed by atoms with Crippen molar-refractivity contribution in [1.82, 2.24) is 5.32 Å². The summed E-state index contributed by atoms with van der Waals surface area (Å²) in [6.07, 6.45) is -0.444. The van der Waals surface area contributed by atoms with Gasteiger partial charge in [0.1, 0.15) is 0 Å². The van der Waals surface area contributed by atoms with E-state index < -0.39 is 30.6 Å². The predicted molar refractivity (Wildman–Crippen MR) is 81.0 cm³/mol. The van der Waals surface area contributed by atoms with E-state index in [4.69, 9.17) is 16.6 Å². The van der Waals surface area contributed by atoms with Crippen LogP contribution >= 0.6 is 0 Å². The number of nitrogens with two attached hydrogens (primary N) is 2. The normalized spacial score (nSPS) is 15.4. The number of carbonyl (C=O) groups excluding carboxylic acids is 1. The van der Waals surface area contributed by atoms with Gasteiger partial charge in [-0.25, -0.2) is 0 Å². The van der Waals surface area contributed by atoms with Gasteiger partial charge in [0.25, 0.3) is 0 Å². The first-order valence-electron chi connectivity index (χ1n) is 7.13. The molecule has 3 atom stereocenters. The summed E-state index contributed by atoms with van der Waals surface area (Å²) in [5, 5.41) is 21.9. The van der Waals surface area contributed by atoms with Crippen LogP contribution in [0.1, 0.15) is 24.5 Å². The van der Waals surface area contributed by atoms with Crippen molar-refractivity contribution in [3.05, 3.63) is 35.4 Å². The third-order valence-corrected chi connectivity index (χ3v) is 3.64. The molecule has 118 valence electrons. The first-order valence-corrected chi connectivity index (χ1v) is 7.13. The number of carbonyl (C=O) groups is 1. The first kappa shape index (κ1) is 17.6. The zero-order chi connectivity index (χ0) is 15.8.